The van der Waals surface area contributed by atoms with Crippen LogP contribution in [0.25, 0.3) is 0 Å². The maximum Gasteiger partial charge on any atom is 0.497 e. The third-order valence-electron chi connectivity index (χ3n) is 2.70. The van der Waals surface area contributed by atoms with E-state index < -0.39 is 7.12 Å². The van der Waals surface area contributed by atoms with Crippen LogP contribution >= 0.6 is 0 Å². The van der Waals surface area contributed by atoms with E-state index in [1.807, 2.05) is 0 Å². The Morgan fingerprint density at radius 1 is 1.29 bits per heavy atom. The second-order valence-corrected chi connectivity index (χ2v) is 5.00. The highest BCUT2D eigenvalue weighted by Gasteiger charge is 2.35. The summed E-state index contributed by atoms with van der Waals surface area (Å²) in [5, 5.41) is 0. The smallest absolute Gasteiger partial charge is 0.497 e. The van der Waals surface area contributed by atoms with Crippen LogP contribution in [0.4, 0.5) is 4.39 Å². The molecule has 1 heterocycles. The van der Waals surface area contributed by atoms with E-state index in [1.54, 1.807) is 13.2 Å². The first-order valence-corrected chi connectivity index (χ1v) is 5.58. The standard InChI is InChI=1S/C12H16BFO3/c1-12(2)7-16-13(17-8-12)10-6-9(14)4-5-11(10)15-3/h4-6H,7-8H2,1-3H3. The third-order valence-corrected chi connectivity index (χ3v) is 2.70. The van der Waals surface area contributed by atoms with Gasteiger partial charge in [-0.05, 0) is 18.2 Å². The molecule has 1 aliphatic heterocycles. The zero-order valence-electron chi connectivity index (χ0n) is 10.3. The molecule has 5 heteroatoms. The van der Waals surface area contributed by atoms with E-state index in [-0.39, 0.29) is 11.2 Å². The molecule has 1 aromatic carbocycles. The van der Waals surface area contributed by atoms with E-state index in [4.69, 9.17) is 14.0 Å². The van der Waals surface area contributed by atoms with Gasteiger partial charge in [0.25, 0.3) is 0 Å². The molecular formula is C12H16BFO3. The van der Waals surface area contributed by atoms with Gasteiger partial charge in [0.05, 0.1) is 7.11 Å². The van der Waals surface area contributed by atoms with Crippen LogP contribution in [0.15, 0.2) is 18.2 Å². The number of rotatable bonds is 2. The summed E-state index contributed by atoms with van der Waals surface area (Å²) in [7, 11) is 0.998. The molecule has 0 saturated carbocycles. The van der Waals surface area contributed by atoms with Gasteiger partial charge >= 0.3 is 7.12 Å². The van der Waals surface area contributed by atoms with Crippen LogP contribution in [-0.2, 0) is 9.31 Å². The van der Waals surface area contributed by atoms with Crippen molar-refractivity contribution in [1.82, 2.24) is 0 Å². The molecule has 0 N–H and O–H groups in total. The van der Waals surface area contributed by atoms with Crippen molar-refractivity contribution >= 4 is 12.6 Å². The SMILES string of the molecule is COc1ccc(F)cc1B1OCC(C)(C)CO1. The molecule has 2 rings (SSSR count). The van der Waals surface area contributed by atoms with Crippen LogP contribution < -0.4 is 10.2 Å². The quantitative estimate of drug-likeness (QED) is 0.732. The zero-order chi connectivity index (χ0) is 12.5. The van der Waals surface area contributed by atoms with Gasteiger partial charge in [-0.15, -0.1) is 0 Å². The highest BCUT2D eigenvalue weighted by atomic mass is 19.1. The van der Waals surface area contributed by atoms with Crippen molar-refractivity contribution in [3.05, 3.63) is 24.0 Å². The fourth-order valence-electron chi connectivity index (χ4n) is 1.76. The monoisotopic (exact) mass is 238 g/mol. The van der Waals surface area contributed by atoms with Gasteiger partial charge in [0.15, 0.2) is 0 Å². The second-order valence-electron chi connectivity index (χ2n) is 5.00. The Balaban J connectivity index is 2.20. The Bertz CT molecular complexity index is 399. The summed E-state index contributed by atoms with van der Waals surface area (Å²) in [5.41, 5.74) is 0.597. The summed E-state index contributed by atoms with van der Waals surface area (Å²) in [4.78, 5) is 0. The predicted octanol–water partition coefficient (Wildman–Crippen LogP) is 1.60. The Morgan fingerprint density at radius 3 is 2.53 bits per heavy atom. The van der Waals surface area contributed by atoms with Crippen LogP contribution in [0.2, 0.25) is 0 Å². The topological polar surface area (TPSA) is 27.7 Å². The van der Waals surface area contributed by atoms with Crippen molar-refractivity contribution in [2.75, 3.05) is 20.3 Å². The predicted molar refractivity (Wildman–Crippen MR) is 64.0 cm³/mol. The lowest BCUT2D eigenvalue weighted by Gasteiger charge is -2.33. The van der Waals surface area contributed by atoms with E-state index in [1.165, 1.54) is 12.1 Å². The summed E-state index contributed by atoms with van der Waals surface area (Å²) in [6, 6.07) is 4.33. The molecule has 17 heavy (non-hydrogen) atoms. The Hall–Kier alpha value is -1.07. The highest BCUT2D eigenvalue weighted by Crippen LogP contribution is 2.23. The number of benzene rings is 1. The molecule has 0 unspecified atom stereocenters. The van der Waals surface area contributed by atoms with Gasteiger partial charge in [-0.3, -0.25) is 0 Å². The number of ether oxygens (including phenoxy) is 1. The van der Waals surface area contributed by atoms with Crippen molar-refractivity contribution in [1.29, 1.82) is 0 Å². The lowest BCUT2D eigenvalue weighted by Crippen LogP contribution is -2.47. The molecule has 1 fully saturated rings. The average molecular weight is 238 g/mol. The largest absolute Gasteiger partial charge is 0.497 e. The summed E-state index contributed by atoms with van der Waals surface area (Å²) in [5.74, 6) is 0.258. The lowest BCUT2D eigenvalue weighted by atomic mass is 9.75. The minimum Gasteiger partial charge on any atom is -0.497 e. The van der Waals surface area contributed by atoms with Crippen molar-refractivity contribution < 1.29 is 18.4 Å². The van der Waals surface area contributed by atoms with Gasteiger partial charge in [0.1, 0.15) is 11.6 Å². The van der Waals surface area contributed by atoms with Gasteiger partial charge < -0.3 is 14.0 Å². The van der Waals surface area contributed by atoms with Gasteiger partial charge in [-0.25, -0.2) is 4.39 Å². The average Bonchev–Trinajstić information content (AvgIpc) is 2.29. The molecule has 0 radical (unpaired) electrons. The van der Waals surface area contributed by atoms with Crippen LogP contribution in [0.1, 0.15) is 13.8 Å². The molecule has 0 amide bonds. The highest BCUT2D eigenvalue weighted by molar-refractivity contribution is 6.62. The molecule has 1 aromatic rings. The van der Waals surface area contributed by atoms with Crippen molar-refractivity contribution in [3.63, 3.8) is 0 Å². The first-order valence-electron chi connectivity index (χ1n) is 5.58. The van der Waals surface area contributed by atoms with E-state index in [0.29, 0.717) is 24.4 Å². The zero-order valence-corrected chi connectivity index (χ0v) is 10.3. The Morgan fingerprint density at radius 2 is 1.94 bits per heavy atom. The van der Waals surface area contributed by atoms with Crippen LogP contribution in [0, 0.1) is 11.2 Å². The fraction of sp³-hybridized carbons (Fsp3) is 0.500. The number of methoxy groups -OCH3 is 1. The maximum atomic E-state index is 13.2. The summed E-state index contributed by atoms with van der Waals surface area (Å²) < 4.78 is 29.6. The van der Waals surface area contributed by atoms with E-state index >= 15 is 0 Å². The third kappa shape index (κ3) is 2.79. The van der Waals surface area contributed by atoms with Crippen molar-refractivity contribution in [2.45, 2.75) is 13.8 Å². The van der Waals surface area contributed by atoms with Crippen molar-refractivity contribution in [3.8, 4) is 5.75 Å². The molecular weight excluding hydrogens is 222 g/mol. The Kier molecular flexibility index (Phi) is 3.40. The van der Waals surface area contributed by atoms with E-state index in [0.717, 1.165) is 0 Å². The minimum atomic E-state index is -0.548. The lowest BCUT2D eigenvalue weighted by molar-refractivity contribution is 0.0341. The van der Waals surface area contributed by atoms with Crippen LogP contribution in [0.5, 0.6) is 5.75 Å². The van der Waals surface area contributed by atoms with Crippen LogP contribution in [0.3, 0.4) is 0 Å². The molecule has 3 nitrogen and oxygen atoms in total. The molecule has 1 aliphatic rings. The summed E-state index contributed by atoms with van der Waals surface area (Å²) in [6.07, 6.45) is 0. The Labute approximate surface area is 101 Å². The first kappa shape index (κ1) is 12.4. The maximum absolute atomic E-state index is 13.2. The van der Waals surface area contributed by atoms with Gasteiger partial charge in [-0.1, -0.05) is 13.8 Å². The summed E-state index contributed by atoms with van der Waals surface area (Å²) in [6.45, 7) is 5.28. The molecule has 1 saturated heterocycles. The molecule has 92 valence electrons. The molecule has 0 atom stereocenters. The number of hydrogen-bond acceptors (Lipinski definition) is 3. The normalized spacial score (nSPS) is 19.2. The number of halogens is 1. The molecule has 0 bridgehead atoms. The van der Waals surface area contributed by atoms with Gasteiger partial charge in [0.2, 0.25) is 0 Å². The van der Waals surface area contributed by atoms with Gasteiger partial charge in [0, 0.05) is 24.1 Å². The van der Waals surface area contributed by atoms with Crippen LogP contribution in [-0.4, -0.2) is 27.4 Å². The van der Waals surface area contributed by atoms with E-state index in [9.17, 15) is 4.39 Å². The second kappa shape index (κ2) is 4.66. The minimum absolute atomic E-state index is 0.00292. The molecule has 0 aliphatic carbocycles. The van der Waals surface area contributed by atoms with Gasteiger partial charge in [-0.2, -0.15) is 0 Å². The first-order chi connectivity index (χ1) is 8.02. The summed E-state index contributed by atoms with van der Waals surface area (Å²) >= 11 is 0. The fourth-order valence-corrected chi connectivity index (χ4v) is 1.76. The van der Waals surface area contributed by atoms with E-state index in [2.05, 4.69) is 13.8 Å². The van der Waals surface area contributed by atoms with Crippen molar-refractivity contribution in [2.24, 2.45) is 5.41 Å². The number of hydrogen-bond donors (Lipinski definition) is 0. The molecule has 0 spiro atoms. The molecule has 0 aromatic heterocycles.